The molecule has 8 nitrogen and oxygen atoms in total. The third-order valence-corrected chi connectivity index (χ3v) is 4.21. The van der Waals surface area contributed by atoms with Gasteiger partial charge in [0, 0.05) is 26.2 Å². The minimum Gasteiger partial charge on any atom is -0.363 e. The van der Waals surface area contributed by atoms with E-state index in [0.29, 0.717) is 11.5 Å². The Kier molecular flexibility index (Phi) is 4.27. The Labute approximate surface area is 127 Å². The van der Waals surface area contributed by atoms with Crippen LogP contribution in [-0.4, -0.2) is 32.4 Å². The molecule has 0 bridgehead atoms. The van der Waals surface area contributed by atoms with E-state index in [1.165, 1.54) is 18.3 Å². The van der Waals surface area contributed by atoms with Crippen LogP contribution >= 0.6 is 0 Å². The highest BCUT2D eigenvalue weighted by molar-refractivity contribution is 7.92. The maximum absolute atomic E-state index is 12.2. The molecule has 2 aromatic rings. The van der Waals surface area contributed by atoms with Gasteiger partial charge in [-0.15, -0.1) is 0 Å². The van der Waals surface area contributed by atoms with E-state index in [-0.39, 0.29) is 10.6 Å². The highest BCUT2D eigenvalue weighted by Gasteiger charge is 2.16. The van der Waals surface area contributed by atoms with Crippen molar-refractivity contribution in [3.05, 3.63) is 52.7 Å². The fourth-order valence-corrected chi connectivity index (χ4v) is 2.72. The maximum Gasteiger partial charge on any atom is 0.269 e. The number of non-ortho nitro benzene ring substituents is 1. The molecule has 22 heavy (non-hydrogen) atoms. The smallest absolute Gasteiger partial charge is 0.269 e. The van der Waals surface area contributed by atoms with Crippen molar-refractivity contribution in [1.29, 1.82) is 0 Å². The summed E-state index contributed by atoms with van der Waals surface area (Å²) in [4.78, 5) is 15.8. The van der Waals surface area contributed by atoms with E-state index in [4.69, 9.17) is 0 Å². The highest BCUT2D eigenvalue weighted by Crippen LogP contribution is 2.19. The van der Waals surface area contributed by atoms with Gasteiger partial charge < -0.3 is 4.90 Å². The quantitative estimate of drug-likeness (QED) is 0.665. The summed E-state index contributed by atoms with van der Waals surface area (Å²) in [7, 11) is -0.170. The zero-order valence-corrected chi connectivity index (χ0v) is 12.7. The van der Waals surface area contributed by atoms with Gasteiger partial charge >= 0.3 is 0 Å². The van der Waals surface area contributed by atoms with E-state index >= 15 is 0 Å². The average molecular weight is 322 g/mol. The second-order valence-electron chi connectivity index (χ2n) is 4.66. The molecule has 1 N–H and O–H groups in total. The molecule has 0 aliphatic heterocycles. The van der Waals surface area contributed by atoms with E-state index in [9.17, 15) is 18.5 Å². The standard InChI is InChI=1S/C13H14N4O4S/c1-16(2)13-8-3-10(9-14-13)15-22(20,21)12-6-4-11(5-7-12)17(18)19/h3-9,15H,1-2H3. The van der Waals surface area contributed by atoms with Crippen LogP contribution in [0.3, 0.4) is 0 Å². The first-order valence-corrected chi connectivity index (χ1v) is 7.68. The molecule has 116 valence electrons. The molecule has 9 heteroatoms. The van der Waals surface area contributed by atoms with Crippen LogP contribution in [0.25, 0.3) is 0 Å². The van der Waals surface area contributed by atoms with Gasteiger partial charge in [0.1, 0.15) is 5.82 Å². The van der Waals surface area contributed by atoms with Crippen molar-refractivity contribution >= 4 is 27.2 Å². The lowest BCUT2D eigenvalue weighted by Crippen LogP contribution is -2.14. The Morgan fingerprint density at radius 3 is 2.23 bits per heavy atom. The molecule has 2 rings (SSSR count). The molecule has 0 radical (unpaired) electrons. The largest absolute Gasteiger partial charge is 0.363 e. The van der Waals surface area contributed by atoms with E-state index in [1.54, 1.807) is 17.0 Å². The zero-order chi connectivity index (χ0) is 16.3. The molecule has 1 aromatic carbocycles. The van der Waals surface area contributed by atoms with Crippen LogP contribution in [0.2, 0.25) is 0 Å². The first-order valence-electron chi connectivity index (χ1n) is 6.20. The van der Waals surface area contributed by atoms with Crippen molar-refractivity contribution in [2.45, 2.75) is 4.90 Å². The van der Waals surface area contributed by atoms with E-state index in [1.807, 2.05) is 14.1 Å². The van der Waals surface area contributed by atoms with Gasteiger partial charge in [-0.1, -0.05) is 0 Å². The van der Waals surface area contributed by atoms with Gasteiger partial charge in [-0.25, -0.2) is 13.4 Å². The molecule has 1 aromatic heterocycles. The molecular formula is C13H14N4O4S. The summed E-state index contributed by atoms with van der Waals surface area (Å²) in [6, 6.07) is 7.91. The number of nitro benzene ring substituents is 1. The first kappa shape index (κ1) is 15.7. The number of anilines is 2. The number of nitrogens with one attached hydrogen (secondary N) is 1. The van der Waals surface area contributed by atoms with Gasteiger partial charge in [0.25, 0.3) is 15.7 Å². The number of aromatic nitrogens is 1. The topological polar surface area (TPSA) is 105 Å². The number of sulfonamides is 1. The Morgan fingerprint density at radius 1 is 1.14 bits per heavy atom. The van der Waals surface area contributed by atoms with Crippen molar-refractivity contribution < 1.29 is 13.3 Å². The Bertz CT molecular complexity index is 771. The van der Waals surface area contributed by atoms with Crippen LogP contribution in [0.5, 0.6) is 0 Å². The molecule has 0 amide bonds. The lowest BCUT2D eigenvalue weighted by atomic mass is 10.3. The fourth-order valence-electron chi connectivity index (χ4n) is 1.67. The van der Waals surface area contributed by atoms with Crippen molar-refractivity contribution in [3.8, 4) is 0 Å². The Hall–Kier alpha value is -2.68. The molecule has 0 fully saturated rings. The summed E-state index contributed by atoms with van der Waals surface area (Å²) in [5, 5.41) is 10.6. The fraction of sp³-hybridized carbons (Fsp3) is 0.154. The molecular weight excluding hydrogens is 308 g/mol. The summed E-state index contributed by atoms with van der Waals surface area (Å²) < 4.78 is 26.7. The summed E-state index contributed by atoms with van der Waals surface area (Å²) in [5.41, 5.74) is 0.139. The minimum absolute atomic E-state index is 0.0604. The summed E-state index contributed by atoms with van der Waals surface area (Å²) in [6.07, 6.45) is 1.40. The van der Waals surface area contributed by atoms with Crippen LogP contribution < -0.4 is 9.62 Å². The number of rotatable bonds is 5. The minimum atomic E-state index is -3.82. The molecule has 0 spiro atoms. The van der Waals surface area contributed by atoms with Crippen LogP contribution in [0.1, 0.15) is 0 Å². The van der Waals surface area contributed by atoms with Gasteiger partial charge in [-0.3, -0.25) is 14.8 Å². The SMILES string of the molecule is CN(C)c1ccc(NS(=O)(=O)c2ccc([N+](=O)[O-])cc2)cn1. The molecule has 0 saturated carbocycles. The number of hydrogen-bond acceptors (Lipinski definition) is 6. The van der Waals surface area contributed by atoms with Gasteiger partial charge in [0.05, 0.1) is 21.7 Å². The predicted molar refractivity (Wildman–Crippen MR) is 82.5 cm³/mol. The third-order valence-electron chi connectivity index (χ3n) is 2.82. The number of hydrogen-bond donors (Lipinski definition) is 1. The number of nitrogens with zero attached hydrogens (tertiary/aromatic N) is 3. The molecule has 0 unspecified atom stereocenters. The zero-order valence-electron chi connectivity index (χ0n) is 11.9. The second-order valence-corrected chi connectivity index (χ2v) is 6.34. The molecule has 1 heterocycles. The normalized spacial score (nSPS) is 11.0. The van der Waals surface area contributed by atoms with E-state index in [0.717, 1.165) is 12.1 Å². The molecule has 0 aliphatic carbocycles. The average Bonchev–Trinajstić information content (AvgIpc) is 2.47. The Morgan fingerprint density at radius 2 is 1.77 bits per heavy atom. The predicted octanol–water partition coefficient (Wildman–Crippen LogP) is 1.86. The monoisotopic (exact) mass is 322 g/mol. The molecule has 0 aliphatic rings. The van der Waals surface area contributed by atoms with Crippen LogP contribution in [0.4, 0.5) is 17.2 Å². The van der Waals surface area contributed by atoms with Crippen molar-refractivity contribution in [2.24, 2.45) is 0 Å². The van der Waals surface area contributed by atoms with Crippen LogP contribution in [-0.2, 0) is 10.0 Å². The van der Waals surface area contributed by atoms with Gasteiger partial charge in [-0.05, 0) is 24.3 Å². The third kappa shape index (κ3) is 3.50. The molecule has 0 saturated heterocycles. The van der Waals surface area contributed by atoms with Gasteiger partial charge in [0.2, 0.25) is 0 Å². The number of nitro groups is 1. The van der Waals surface area contributed by atoms with E-state index < -0.39 is 14.9 Å². The van der Waals surface area contributed by atoms with Gasteiger partial charge in [-0.2, -0.15) is 0 Å². The van der Waals surface area contributed by atoms with Crippen molar-refractivity contribution in [3.63, 3.8) is 0 Å². The van der Waals surface area contributed by atoms with Crippen molar-refractivity contribution in [2.75, 3.05) is 23.7 Å². The lowest BCUT2D eigenvalue weighted by Gasteiger charge is -2.12. The first-order chi connectivity index (χ1) is 10.3. The summed E-state index contributed by atoms with van der Waals surface area (Å²) in [6.45, 7) is 0. The van der Waals surface area contributed by atoms with Crippen LogP contribution in [0, 0.1) is 10.1 Å². The van der Waals surface area contributed by atoms with Crippen molar-refractivity contribution in [1.82, 2.24) is 4.98 Å². The highest BCUT2D eigenvalue weighted by atomic mass is 32.2. The second kappa shape index (κ2) is 5.98. The van der Waals surface area contributed by atoms with Crippen LogP contribution in [0.15, 0.2) is 47.5 Å². The maximum atomic E-state index is 12.2. The number of pyridine rings is 1. The van der Waals surface area contributed by atoms with E-state index in [2.05, 4.69) is 9.71 Å². The Balaban J connectivity index is 2.21. The molecule has 0 atom stereocenters. The van der Waals surface area contributed by atoms with Gasteiger partial charge in [0.15, 0.2) is 0 Å². The lowest BCUT2D eigenvalue weighted by molar-refractivity contribution is -0.384. The summed E-state index contributed by atoms with van der Waals surface area (Å²) >= 11 is 0. The summed E-state index contributed by atoms with van der Waals surface area (Å²) in [5.74, 6) is 0.693. The number of benzene rings is 1.